The number of aromatic amines is 1. The number of piperidine rings is 1. The summed E-state index contributed by atoms with van der Waals surface area (Å²) in [4.78, 5) is 12.9. The summed E-state index contributed by atoms with van der Waals surface area (Å²) in [7, 11) is 0. The summed E-state index contributed by atoms with van der Waals surface area (Å²) >= 11 is 0. The number of hydrogen-bond donors (Lipinski definition) is 2. The predicted molar refractivity (Wildman–Crippen MR) is 97.1 cm³/mol. The first-order chi connectivity index (χ1) is 12.3. The van der Waals surface area contributed by atoms with E-state index in [-0.39, 0.29) is 0 Å². The minimum Gasteiger partial charge on any atom is -0.381 e. The average Bonchev–Trinajstić information content (AvgIpc) is 3.26. The van der Waals surface area contributed by atoms with Gasteiger partial charge in [0, 0.05) is 37.6 Å². The molecule has 6 nitrogen and oxygen atoms in total. The highest BCUT2D eigenvalue weighted by molar-refractivity contribution is 5.79. The van der Waals surface area contributed by atoms with E-state index in [2.05, 4.69) is 39.0 Å². The van der Waals surface area contributed by atoms with Gasteiger partial charge in [0.1, 0.15) is 0 Å². The van der Waals surface area contributed by atoms with Crippen LogP contribution in [0.5, 0.6) is 0 Å². The zero-order valence-electron chi connectivity index (χ0n) is 14.7. The number of hydrogen-bond acceptors (Lipinski definition) is 4. The molecule has 2 atom stereocenters. The monoisotopic (exact) mass is 339 g/mol. The molecule has 5 heterocycles. The van der Waals surface area contributed by atoms with Crippen LogP contribution in [0.1, 0.15) is 55.7 Å². The van der Waals surface area contributed by atoms with Gasteiger partial charge < -0.3 is 15.0 Å². The summed E-state index contributed by atoms with van der Waals surface area (Å²) in [5.41, 5.74) is 5.68. The Hall–Kier alpha value is -1.92. The third-order valence-electron chi connectivity index (χ3n) is 5.87. The average molecular weight is 339 g/mol. The molecule has 0 bridgehead atoms. The maximum absolute atomic E-state index is 5.54. The van der Waals surface area contributed by atoms with Crippen molar-refractivity contribution in [3.8, 4) is 0 Å². The molecule has 0 saturated carbocycles. The van der Waals surface area contributed by atoms with Crippen molar-refractivity contribution < 1.29 is 4.74 Å². The van der Waals surface area contributed by atoms with Gasteiger partial charge in [-0.3, -0.25) is 4.40 Å². The van der Waals surface area contributed by atoms with Crippen molar-refractivity contribution in [1.82, 2.24) is 24.7 Å². The van der Waals surface area contributed by atoms with Crippen LogP contribution in [0.15, 0.2) is 18.6 Å². The zero-order valence-corrected chi connectivity index (χ0v) is 14.7. The maximum Gasteiger partial charge on any atom is 0.156 e. The first kappa shape index (κ1) is 15.3. The molecular weight excluding hydrogens is 314 g/mol. The van der Waals surface area contributed by atoms with Crippen LogP contribution in [0.4, 0.5) is 0 Å². The summed E-state index contributed by atoms with van der Waals surface area (Å²) in [6.45, 7) is 5.04. The van der Waals surface area contributed by atoms with E-state index < -0.39 is 0 Å². The van der Waals surface area contributed by atoms with Gasteiger partial charge in [0.25, 0.3) is 0 Å². The van der Waals surface area contributed by atoms with Crippen molar-refractivity contribution >= 4 is 16.8 Å². The molecule has 2 aliphatic heterocycles. The molecule has 3 aromatic rings. The van der Waals surface area contributed by atoms with Crippen molar-refractivity contribution in [1.29, 1.82) is 0 Å². The number of ether oxygens (including phenoxy) is 1. The Kier molecular flexibility index (Phi) is 3.75. The lowest BCUT2D eigenvalue weighted by Crippen LogP contribution is -2.34. The van der Waals surface area contributed by atoms with Crippen molar-refractivity contribution in [2.45, 2.75) is 50.5 Å². The van der Waals surface area contributed by atoms with Crippen molar-refractivity contribution in [2.75, 3.05) is 19.8 Å². The summed E-state index contributed by atoms with van der Waals surface area (Å²) in [6.07, 6.45) is 10.7. The van der Waals surface area contributed by atoms with Crippen LogP contribution < -0.4 is 5.32 Å². The highest BCUT2D eigenvalue weighted by Crippen LogP contribution is 2.33. The van der Waals surface area contributed by atoms with Gasteiger partial charge in [0.05, 0.1) is 17.4 Å². The van der Waals surface area contributed by atoms with E-state index in [9.17, 15) is 0 Å². The van der Waals surface area contributed by atoms with Gasteiger partial charge in [-0.25, -0.2) is 9.97 Å². The minimum absolute atomic E-state index is 0.539. The SMILES string of the molecule is C[C@@H]1C[C@@H](c2cn3c(cnc4[nH]cc(C5CCOCC5)c43)n2)CCN1. The lowest BCUT2D eigenvalue weighted by Gasteiger charge is -2.26. The Labute approximate surface area is 147 Å². The van der Waals surface area contributed by atoms with Crippen LogP contribution >= 0.6 is 0 Å². The quantitative estimate of drug-likeness (QED) is 0.753. The van der Waals surface area contributed by atoms with E-state index >= 15 is 0 Å². The normalized spacial score (nSPS) is 25.8. The van der Waals surface area contributed by atoms with Gasteiger partial charge in [-0.1, -0.05) is 0 Å². The van der Waals surface area contributed by atoms with Crippen LogP contribution in [0.25, 0.3) is 16.8 Å². The van der Waals surface area contributed by atoms with Gasteiger partial charge in [0.2, 0.25) is 0 Å². The number of rotatable bonds is 2. The number of fused-ring (bicyclic) bond motifs is 3. The van der Waals surface area contributed by atoms with E-state index in [1.54, 1.807) is 0 Å². The molecule has 0 unspecified atom stereocenters. The lowest BCUT2D eigenvalue weighted by atomic mass is 9.91. The van der Waals surface area contributed by atoms with Crippen LogP contribution in [-0.2, 0) is 4.74 Å². The predicted octanol–water partition coefficient (Wildman–Crippen LogP) is 2.96. The number of imidazole rings is 1. The number of nitrogens with one attached hydrogen (secondary N) is 2. The fraction of sp³-hybridized carbons (Fsp3) is 0.579. The molecule has 0 spiro atoms. The molecule has 2 saturated heterocycles. The smallest absolute Gasteiger partial charge is 0.156 e. The van der Waals surface area contributed by atoms with Crippen LogP contribution in [0.3, 0.4) is 0 Å². The van der Waals surface area contributed by atoms with Gasteiger partial charge in [-0.2, -0.15) is 0 Å². The Morgan fingerprint density at radius 1 is 1.20 bits per heavy atom. The Morgan fingerprint density at radius 3 is 2.92 bits per heavy atom. The van der Waals surface area contributed by atoms with E-state index in [4.69, 9.17) is 9.72 Å². The fourth-order valence-electron chi connectivity index (χ4n) is 4.49. The topological polar surface area (TPSA) is 67.2 Å². The summed E-state index contributed by atoms with van der Waals surface area (Å²) in [5, 5.41) is 3.53. The zero-order chi connectivity index (χ0) is 16.8. The largest absolute Gasteiger partial charge is 0.381 e. The van der Waals surface area contributed by atoms with Crippen molar-refractivity contribution in [3.05, 3.63) is 29.8 Å². The molecule has 0 radical (unpaired) electrons. The van der Waals surface area contributed by atoms with Crippen LogP contribution in [0.2, 0.25) is 0 Å². The molecule has 0 amide bonds. The minimum atomic E-state index is 0.539. The standard InChI is InChI=1S/C19H25N5O/c1-12-8-14(2-5-20-12)16-11-24-17(23-16)10-22-19-18(24)15(9-21-19)13-3-6-25-7-4-13/h9-14,20-21H,2-8H2,1H3/t12-,14+/m1/s1. The van der Waals surface area contributed by atoms with E-state index in [1.807, 2.05) is 6.20 Å². The van der Waals surface area contributed by atoms with Gasteiger partial charge in [-0.15, -0.1) is 0 Å². The molecule has 132 valence electrons. The molecule has 0 aliphatic carbocycles. The fourth-order valence-corrected chi connectivity index (χ4v) is 4.49. The Morgan fingerprint density at radius 2 is 2.08 bits per heavy atom. The third kappa shape index (κ3) is 2.64. The molecule has 2 aliphatic rings. The van der Waals surface area contributed by atoms with E-state index in [1.165, 1.54) is 16.8 Å². The molecular formula is C19H25N5O. The van der Waals surface area contributed by atoms with Gasteiger partial charge in [0.15, 0.2) is 11.3 Å². The number of H-pyrrole nitrogens is 1. The van der Waals surface area contributed by atoms with Crippen LogP contribution in [0, 0.1) is 0 Å². The van der Waals surface area contributed by atoms with Gasteiger partial charge >= 0.3 is 0 Å². The summed E-state index contributed by atoms with van der Waals surface area (Å²) in [5.74, 6) is 1.08. The first-order valence-corrected chi connectivity index (χ1v) is 9.45. The van der Waals surface area contributed by atoms with E-state index in [0.29, 0.717) is 17.9 Å². The molecule has 2 N–H and O–H groups in total. The molecule has 0 aromatic carbocycles. The second-order valence-corrected chi connectivity index (χ2v) is 7.56. The summed E-state index contributed by atoms with van der Waals surface area (Å²) in [6, 6.07) is 0.562. The highest BCUT2D eigenvalue weighted by Gasteiger charge is 2.25. The summed E-state index contributed by atoms with van der Waals surface area (Å²) < 4.78 is 7.80. The molecule has 5 rings (SSSR count). The second-order valence-electron chi connectivity index (χ2n) is 7.56. The second kappa shape index (κ2) is 6.11. The highest BCUT2D eigenvalue weighted by atomic mass is 16.5. The number of nitrogens with zero attached hydrogens (tertiary/aromatic N) is 3. The Balaban J connectivity index is 1.60. The first-order valence-electron chi connectivity index (χ1n) is 9.45. The molecule has 3 aromatic heterocycles. The van der Waals surface area contributed by atoms with E-state index in [0.717, 1.165) is 56.7 Å². The van der Waals surface area contributed by atoms with Crippen LogP contribution in [-0.4, -0.2) is 45.2 Å². The van der Waals surface area contributed by atoms with Crippen molar-refractivity contribution in [2.24, 2.45) is 0 Å². The molecule has 25 heavy (non-hydrogen) atoms. The third-order valence-corrected chi connectivity index (χ3v) is 5.87. The van der Waals surface area contributed by atoms with Crippen molar-refractivity contribution in [3.63, 3.8) is 0 Å². The maximum atomic E-state index is 5.54. The number of aromatic nitrogens is 4. The molecule has 6 heteroatoms. The lowest BCUT2D eigenvalue weighted by molar-refractivity contribution is 0.0856. The Bertz CT molecular complexity index is 892. The molecule has 2 fully saturated rings. The van der Waals surface area contributed by atoms with Gasteiger partial charge in [-0.05, 0) is 50.6 Å².